The second kappa shape index (κ2) is 10.0. The van der Waals surface area contributed by atoms with Gasteiger partial charge in [0.15, 0.2) is 6.10 Å². The second-order valence-electron chi connectivity index (χ2n) is 6.84. The molecule has 0 aliphatic carbocycles. The molecular weight excluding hydrogens is 396 g/mol. The zero-order valence-electron chi connectivity index (χ0n) is 16.7. The number of amides is 1. The number of hydrogen-bond donors (Lipinski definition) is 2. The normalized spacial score (nSPS) is 14.2. The fourth-order valence-corrected chi connectivity index (χ4v) is 3.07. The lowest BCUT2D eigenvalue weighted by molar-refractivity contribution is -0.130. The van der Waals surface area contributed by atoms with Gasteiger partial charge in [0.25, 0.3) is 5.91 Å². The maximum atomic E-state index is 12.2. The molecule has 9 nitrogen and oxygen atoms in total. The van der Waals surface area contributed by atoms with Crippen LogP contribution in [0.25, 0.3) is 0 Å². The zero-order chi connectivity index (χ0) is 22.2. The largest absolute Gasteiger partial charge is 0.449 e. The van der Waals surface area contributed by atoms with Crippen LogP contribution in [0.5, 0.6) is 0 Å². The number of esters is 1. The van der Waals surface area contributed by atoms with Gasteiger partial charge in [-0.15, -0.1) is 0 Å². The minimum Gasteiger partial charge on any atom is -0.449 e. The molecular formula is C19H24N4O5S. The number of hydrogen-bond acceptors (Lipinski definition) is 7. The number of carbonyl (C=O) groups is 2. The Bertz CT molecular complexity index is 929. The third-order valence-corrected chi connectivity index (χ3v) is 5.83. The summed E-state index contributed by atoms with van der Waals surface area (Å²) in [6.07, 6.45) is -1.12. The van der Waals surface area contributed by atoms with Gasteiger partial charge < -0.3 is 10.1 Å². The lowest BCUT2D eigenvalue weighted by Crippen LogP contribution is -2.52. The third-order valence-electron chi connectivity index (χ3n) is 4.35. The van der Waals surface area contributed by atoms with Gasteiger partial charge in [0.1, 0.15) is 5.54 Å². The molecule has 156 valence electrons. The van der Waals surface area contributed by atoms with Crippen LogP contribution >= 0.6 is 0 Å². The highest BCUT2D eigenvalue weighted by molar-refractivity contribution is 7.89. The van der Waals surface area contributed by atoms with Crippen molar-refractivity contribution in [3.8, 4) is 12.1 Å². The summed E-state index contributed by atoms with van der Waals surface area (Å²) >= 11 is 0. The van der Waals surface area contributed by atoms with Gasteiger partial charge in [-0.2, -0.15) is 10.5 Å². The Labute approximate surface area is 170 Å². The van der Waals surface area contributed by atoms with Crippen molar-refractivity contribution in [2.45, 2.75) is 50.7 Å². The Hall–Kier alpha value is -2.95. The van der Waals surface area contributed by atoms with E-state index in [1.54, 1.807) is 20.8 Å². The van der Waals surface area contributed by atoms with Crippen LogP contribution in [0.2, 0.25) is 0 Å². The summed E-state index contributed by atoms with van der Waals surface area (Å²) in [6.45, 7) is 6.50. The van der Waals surface area contributed by atoms with Crippen LogP contribution in [0, 0.1) is 28.6 Å². The van der Waals surface area contributed by atoms with Crippen molar-refractivity contribution < 1.29 is 22.7 Å². The van der Waals surface area contributed by atoms with Gasteiger partial charge in [-0.1, -0.05) is 13.8 Å². The summed E-state index contributed by atoms with van der Waals surface area (Å²) in [4.78, 5) is 24.4. The van der Waals surface area contributed by atoms with Crippen LogP contribution in [-0.2, 0) is 19.6 Å². The summed E-state index contributed by atoms with van der Waals surface area (Å²) in [7, 11) is -3.79. The van der Waals surface area contributed by atoms with E-state index < -0.39 is 33.5 Å². The van der Waals surface area contributed by atoms with Crippen molar-refractivity contribution >= 4 is 21.9 Å². The van der Waals surface area contributed by atoms with E-state index in [1.165, 1.54) is 31.2 Å². The molecule has 29 heavy (non-hydrogen) atoms. The second-order valence-corrected chi connectivity index (χ2v) is 8.60. The first-order valence-electron chi connectivity index (χ1n) is 8.87. The van der Waals surface area contributed by atoms with Crippen LogP contribution in [0.1, 0.15) is 44.5 Å². The Morgan fingerprint density at radius 1 is 1.17 bits per heavy atom. The van der Waals surface area contributed by atoms with Crippen molar-refractivity contribution in [3.63, 3.8) is 0 Å². The van der Waals surface area contributed by atoms with Crippen LogP contribution in [-0.4, -0.2) is 38.5 Å². The van der Waals surface area contributed by atoms with Gasteiger partial charge >= 0.3 is 5.97 Å². The molecule has 0 aliphatic heterocycles. The average Bonchev–Trinajstić information content (AvgIpc) is 2.67. The SMILES string of the molecule is CC(OC(=O)c1ccc(S(=O)(=O)NCCC#N)cc1)C(=O)NC(C)(C#N)C(C)C. The lowest BCUT2D eigenvalue weighted by Gasteiger charge is -2.28. The maximum Gasteiger partial charge on any atom is 0.338 e. The molecule has 10 heteroatoms. The van der Waals surface area contributed by atoms with Gasteiger partial charge in [0, 0.05) is 13.0 Å². The molecule has 0 saturated heterocycles. The van der Waals surface area contributed by atoms with Crippen molar-refractivity contribution in [2.75, 3.05) is 6.54 Å². The van der Waals surface area contributed by atoms with Gasteiger partial charge in [-0.25, -0.2) is 17.9 Å². The number of rotatable bonds is 9. The molecule has 0 aromatic heterocycles. The Morgan fingerprint density at radius 2 is 1.76 bits per heavy atom. The van der Waals surface area contributed by atoms with E-state index in [2.05, 4.69) is 10.0 Å². The average molecular weight is 420 g/mol. The van der Waals surface area contributed by atoms with Crippen LogP contribution < -0.4 is 10.0 Å². The Kier molecular flexibility index (Phi) is 8.31. The van der Waals surface area contributed by atoms with Crippen molar-refractivity contribution in [1.29, 1.82) is 10.5 Å². The molecule has 1 amide bonds. The molecule has 0 bridgehead atoms. The predicted octanol–water partition coefficient (Wildman–Crippen LogP) is 1.48. The van der Waals surface area contributed by atoms with Crippen LogP contribution in [0.4, 0.5) is 0 Å². The highest BCUT2D eigenvalue weighted by atomic mass is 32.2. The number of ether oxygens (including phenoxy) is 1. The fraction of sp³-hybridized carbons (Fsp3) is 0.474. The van der Waals surface area contributed by atoms with E-state index in [9.17, 15) is 23.3 Å². The summed E-state index contributed by atoms with van der Waals surface area (Å²) in [5, 5.41) is 20.3. The minimum absolute atomic E-state index is 0.0206. The molecule has 0 radical (unpaired) electrons. The van der Waals surface area contributed by atoms with Gasteiger partial charge in [-0.05, 0) is 44.0 Å². The van der Waals surface area contributed by atoms with E-state index in [-0.39, 0.29) is 29.3 Å². The van der Waals surface area contributed by atoms with E-state index in [1.807, 2.05) is 12.1 Å². The van der Waals surface area contributed by atoms with Crippen molar-refractivity contribution in [3.05, 3.63) is 29.8 Å². The predicted molar refractivity (Wildman–Crippen MR) is 104 cm³/mol. The van der Waals surface area contributed by atoms with E-state index >= 15 is 0 Å². The monoisotopic (exact) mass is 420 g/mol. The Morgan fingerprint density at radius 3 is 2.24 bits per heavy atom. The van der Waals surface area contributed by atoms with E-state index in [0.29, 0.717) is 0 Å². The minimum atomic E-state index is -3.79. The summed E-state index contributed by atoms with van der Waals surface area (Å²) < 4.78 is 31.5. The summed E-state index contributed by atoms with van der Waals surface area (Å²) in [6, 6.07) is 8.84. The first kappa shape index (κ1) is 24.1. The molecule has 1 aromatic rings. The summed E-state index contributed by atoms with van der Waals surface area (Å²) in [5.41, 5.74) is -1.04. The topological polar surface area (TPSA) is 149 Å². The number of nitriles is 2. The van der Waals surface area contributed by atoms with E-state index in [4.69, 9.17) is 10.00 Å². The smallest absolute Gasteiger partial charge is 0.338 e. The molecule has 1 rings (SSSR count). The van der Waals surface area contributed by atoms with Gasteiger partial charge in [0.2, 0.25) is 10.0 Å². The zero-order valence-corrected chi connectivity index (χ0v) is 17.5. The quantitative estimate of drug-likeness (QED) is 0.454. The van der Waals surface area contributed by atoms with Crippen molar-refractivity contribution in [1.82, 2.24) is 10.0 Å². The van der Waals surface area contributed by atoms with Gasteiger partial charge in [0.05, 0.1) is 22.6 Å². The summed E-state index contributed by atoms with van der Waals surface area (Å²) in [5.74, 6) is -1.58. The fourth-order valence-electron chi connectivity index (χ4n) is 2.04. The molecule has 2 atom stereocenters. The highest BCUT2D eigenvalue weighted by Gasteiger charge is 2.32. The number of nitrogens with zero attached hydrogens (tertiary/aromatic N) is 2. The molecule has 0 fully saturated rings. The number of benzene rings is 1. The molecule has 0 saturated carbocycles. The molecule has 0 spiro atoms. The first-order valence-corrected chi connectivity index (χ1v) is 10.4. The number of sulfonamides is 1. The van der Waals surface area contributed by atoms with Gasteiger partial charge in [-0.3, -0.25) is 4.79 Å². The lowest BCUT2D eigenvalue weighted by atomic mass is 9.90. The first-order chi connectivity index (χ1) is 13.5. The van der Waals surface area contributed by atoms with E-state index in [0.717, 1.165) is 0 Å². The number of carbonyl (C=O) groups excluding carboxylic acids is 2. The standard InChI is InChI=1S/C19H24N4O5S/c1-13(2)19(4,12-21)23-17(24)14(3)28-18(25)15-6-8-16(9-7-15)29(26,27)22-11-5-10-20/h6-9,13-14,22H,5,11H2,1-4H3,(H,23,24). The van der Waals surface area contributed by atoms with Crippen LogP contribution in [0.3, 0.4) is 0 Å². The molecule has 0 aliphatic rings. The molecule has 1 aromatic carbocycles. The highest BCUT2D eigenvalue weighted by Crippen LogP contribution is 2.16. The Balaban J connectivity index is 2.79. The number of nitrogens with one attached hydrogen (secondary N) is 2. The molecule has 2 unspecified atom stereocenters. The van der Waals surface area contributed by atoms with Crippen molar-refractivity contribution in [2.24, 2.45) is 5.92 Å². The third kappa shape index (κ3) is 6.56. The molecule has 0 heterocycles. The van der Waals surface area contributed by atoms with Crippen LogP contribution in [0.15, 0.2) is 29.2 Å². The molecule has 2 N–H and O–H groups in total. The maximum absolute atomic E-state index is 12.2.